The van der Waals surface area contributed by atoms with Crippen LogP contribution in [0, 0.1) is 6.92 Å². The van der Waals surface area contributed by atoms with E-state index in [1.807, 2.05) is 35.7 Å². The van der Waals surface area contributed by atoms with Crippen LogP contribution in [-0.4, -0.2) is 14.4 Å². The second-order valence-corrected chi connectivity index (χ2v) is 7.52. The first kappa shape index (κ1) is 18.7. The minimum Gasteiger partial charge on any atom is -0.363 e. The summed E-state index contributed by atoms with van der Waals surface area (Å²) in [7, 11) is 0. The molecule has 144 valence electrons. The van der Waals surface area contributed by atoms with Crippen LogP contribution in [0.3, 0.4) is 0 Å². The van der Waals surface area contributed by atoms with Crippen molar-refractivity contribution in [2.24, 2.45) is 0 Å². The summed E-state index contributed by atoms with van der Waals surface area (Å²) in [5.74, 6) is 1.09. The quantitative estimate of drug-likeness (QED) is 0.408. The van der Waals surface area contributed by atoms with Crippen LogP contribution in [0.15, 0.2) is 53.3 Å². The summed E-state index contributed by atoms with van der Waals surface area (Å²) in [4.78, 5) is 8.82. The average molecular weight is 449 g/mol. The van der Waals surface area contributed by atoms with E-state index in [1.54, 1.807) is 12.3 Å². The highest BCUT2D eigenvalue weighted by atomic mass is 79.9. The summed E-state index contributed by atoms with van der Waals surface area (Å²) < 4.78 is 42.5. The normalized spacial score (nSPS) is 13.2. The molecule has 2 aromatic carbocycles. The first-order valence-electron chi connectivity index (χ1n) is 8.61. The number of benzene rings is 2. The SMILES string of the molecule is Cc1c([C@@H](C)Nc2nc3nccn3c3ccc(Br)cc23)cccc1C(F)(F)F. The molecule has 28 heavy (non-hydrogen) atoms. The molecule has 4 nitrogen and oxygen atoms in total. The summed E-state index contributed by atoms with van der Waals surface area (Å²) in [6, 6.07) is 9.65. The summed E-state index contributed by atoms with van der Waals surface area (Å²) in [5, 5.41) is 4.12. The van der Waals surface area contributed by atoms with Gasteiger partial charge in [0.25, 0.3) is 0 Å². The number of anilines is 1. The van der Waals surface area contributed by atoms with Gasteiger partial charge in [0.2, 0.25) is 5.78 Å². The van der Waals surface area contributed by atoms with Crippen LogP contribution in [0.25, 0.3) is 16.7 Å². The zero-order valence-electron chi connectivity index (χ0n) is 15.0. The van der Waals surface area contributed by atoms with Crippen molar-refractivity contribution in [3.05, 3.63) is 70.0 Å². The maximum atomic E-state index is 13.3. The molecule has 1 N–H and O–H groups in total. The number of hydrogen-bond acceptors (Lipinski definition) is 3. The van der Waals surface area contributed by atoms with Crippen LogP contribution in [0.5, 0.6) is 0 Å². The standard InChI is InChI=1S/C20H16BrF3N4/c1-11-14(4-3-5-16(11)20(22,23)24)12(2)26-18-15-10-13(21)6-7-17(15)28-9-8-25-19(28)27-18/h3-10,12H,1-2H3,(H,25,26,27)/t12-/m1/s1. The summed E-state index contributed by atoms with van der Waals surface area (Å²) in [6.45, 7) is 3.32. The Labute approximate surface area is 167 Å². The molecule has 1 atom stereocenters. The molecule has 0 unspecified atom stereocenters. The molecule has 8 heteroatoms. The molecular formula is C20H16BrF3N4. The Balaban J connectivity index is 1.81. The van der Waals surface area contributed by atoms with Crippen molar-refractivity contribution < 1.29 is 13.2 Å². The van der Waals surface area contributed by atoms with Gasteiger partial charge in [0, 0.05) is 22.3 Å². The van der Waals surface area contributed by atoms with E-state index >= 15 is 0 Å². The summed E-state index contributed by atoms with van der Waals surface area (Å²) in [5.41, 5.74) is 1.06. The number of fused-ring (bicyclic) bond motifs is 3. The zero-order valence-corrected chi connectivity index (χ0v) is 16.6. The van der Waals surface area contributed by atoms with Crippen LogP contribution >= 0.6 is 15.9 Å². The Morgan fingerprint density at radius 1 is 1.18 bits per heavy atom. The molecule has 0 aliphatic carbocycles. The first-order valence-corrected chi connectivity index (χ1v) is 9.40. The van der Waals surface area contributed by atoms with Crippen molar-refractivity contribution >= 4 is 38.4 Å². The molecule has 0 spiro atoms. The molecule has 0 fully saturated rings. The highest BCUT2D eigenvalue weighted by Crippen LogP contribution is 2.36. The third kappa shape index (κ3) is 3.22. The van der Waals surface area contributed by atoms with Crippen molar-refractivity contribution in [1.82, 2.24) is 14.4 Å². The van der Waals surface area contributed by atoms with Gasteiger partial charge in [-0.1, -0.05) is 28.1 Å². The highest BCUT2D eigenvalue weighted by Gasteiger charge is 2.33. The van der Waals surface area contributed by atoms with Gasteiger partial charge in [-0.3, -0.25) is 4.40 Å². The lowest BCUT2D eigenvalue weighted by molar-refractivity contribution is -0.138. The lowest BCUT2D eigenvalue weighted by Crippen LogP contribution is -2.14. The average Bonchev–Trinajstić information content (AvgIpc) is 3.09. The Bertz CT molecular complexity index is 1180. The van der Waals surface area contributed by atoms with Crippen molar-refractivity contribution in [1.29, 1.82) is 0 Å². The number of aromatic nitrogens is 3. The minimum atomic E-state index is -4.38. The van der Waals surface area contributed by atoms with Crippen molar-refractivity contribution in [2.75, 3.05) is 5.32 Å². The number of alkyl halides is 3. The molecule has 0 saturated carbocycles. The van der Waals surface area contributed by atoms with Crippen LogP contribution in [0.2, 0.25) is 0 Å². The molecule has 4 rings (SSSR count). The van der Waals surface area contributed by atoms with Crippen LogP contribution in [0.4, 0.5) is 19.0 Å². The van der Waals surface area contributed by atoms with Crippen molar-refractivity contribution in [3.63, 3.8) is 0 Å². The molecule has 0 radical (unpaired) electrons. The van der Waals surface area contributed by atoms with Crippen molar-refractivity contribution in [2.45, 2.75) is 26.1 Å². The Kier molecular flexibility index (Phi) is 4.53. The number of nitrogens with one attached hydrogen (secondary N) is 1. The van der Waals surface area contributed by atoms with E-state index in [4.69, 9.17) is 0 Å². The van der Waals surface area contributed by atoms with E-state index in [1.165, 1.54) is 13.0 Å². The molecular weight excluding hydrogens is 433 g/mol. The zero-order chi connectivity index (χ0) is 20.1. The number of halogens is 4. The molecule has 0 aliphatic rings. The Morgan fingerprint density at radius 3 is 2.71 bits per heavy atom. The highest BCUT2D eigenvalue weighted by molar-refractivity contribution is 9.10. The Hall–Kier alpha value is -2.61. The van der Waals surface area contributed by atoms with E-state index in [0.717, 1.165) is 21.4 Å². The van der Waals surface area contributed by atoms with Gasteiger partial charge < -0.3 is 5.32 Å². The predicted octanol–water partition coefficient (Wildman–Crippen LogP) is 6.15. The number of nitrogens with zero attached hydrogens (tertiary/aromatic N) is 3. The van der Waals surface area contributed by atoms with E-state index < -0.39 is 11.7 Å². The lowest BCUT2D eigenvalue weighted by atomic mass is 9.97. The number of rotatable bonds is 3. The monoisotopic (exact) mass is 448 g/mol. The van der Waals surface area contributed by atoms with Gasteiger partial charge >= 0.3 is 6.18 Å². The molecule has 0 aliphatic heterocycles. The molecule has 4 aromatic rings. The topological polar surface area (TPSA) is 42.2 Å². The van der Waals surface area contributed by atoms with Gasteiger partial charge in [-0.2, -0.15) is 18.2 Å². The van der Waals surface area contributed by atoms with Gasteiger partial charge in [0.15, 0.2) is 0 Å². The Morgan fingerprint density at radius 2 is 1.96 bits per heavy atom. The molecule has 0 saturated heterocycles. The van der Waals surface area contributed by atoms with E-state index in [-0.39, 0.29) is 11.6 Å². The molecule has 2 aromatic heterocycles. The van der Waals surface area contributed by atoms with Crippen LogP contribution < -0.4 is 5.32 Å². The second kappa shape index (κ2) is 6.77. The van der Waals surface area contributed by atoms with Gasteiger partial charge in [0.05, 0.1) is 17.1 Å². The summed E-state index contributed by atoms with van der Waals surface area (Å²) in [6.07, 6.45) is -0.902. The predicted molar refractivity (Wildman–Crippen MR) is 106 cm³/mol. The first-order chi connectivity index (χ1) is 13.3. The van der Waals surface area contributed by atoms with Gasteiger partial charge in [-0.25, -0.2) is 4.98 Å². The van der Waals surface area contributed by atoms with E-state index in [2.05, 4.69) is 31.2 Å². The van der Waals surface area contributed by atoms with Gasteiger partial charge in [-0.05, 0) is 49.2 Å². The van der Waals surface area contributed by atoms with Gasteiger partial charge in [0.1, 0.15) is 5.82 Å². The third-order valence-electron chi connectivity index (χ3n) is 4.81. The van der Waals surface area contributed by atoms with E-state index in [9.17, 15) is 13.2 Å². The minimum absolute atomic E-state index is 0.211. The van der Waals surface area contributed by atoms with Gasteiger partial charge in [-0.15, -0.1) is 0 Å². The lowest BCUT2D eigenvalue weighted by Gasteiger charge is -2.21. The van der Waals surface area contributed by atoms with Crippen LogP contribution in [0.1, 0.15) is 29.7 Å². The molecule has 0 amide bonds. The fourth-order valence-electron chi connectivity index (χ4n) is 3.46. The number of imidazole rings is 1. The van der Waals surface area contributed by atoms with Crippen molar-refractivity contribution in [3.8, 4) is 0 Å². The molecule has 0 bridgehead atoms. The largest absolute Gasteiger partial charge is 0.416 e. The third-order valence-corrected chi connectivity index (χ3v) is 5.30. The van der Waals surface area contributed by atoms with E-state index in [0.29, 0.717) is 17.2 Å². The smallest absolute Gasteiger partial charge is 0.363 e. The summed E-state index contributed by atoms with van der Waals surface area (Å²) >= 11 is 3.47. The maximum absolute atomic E-state index is 13.3. The van der Waals surface area contributed by atoms with Crippen LogP contribution in [-0.2, 0) is 6.18 Å². The second-order valence-electron chi connectivity index (χ2n) is 6.60. The fraction of sp³-hybridized carbons (Fsp3) is 0.200. The fourth-order valence-corrected chi connectivity index (χ4v) is 3.82. The molecule has 2 heterocycles. The number of hydrogen-bond donors (Lipinski definition) is 1. The maximum Gasteiger partial charge on any atom is 0.416 e.